The summed E-state index contributed by atoms with van der Waals surface area (Å²) in [5, 5.41) is 3.46. The zero-order valence-corrected chi connectivity index (χ0v) is 19.2. The maximum absolute atomic E-state index is 12.7. The van der Waals surface area contributed by atoms with Crippen LogP contribution < -0.4 is 20.0 Å². The molecule has 3 N–H and O–H groups in total. The lowest BCUT2D eigenvalue weighted by atomic mass is 10.1. The Bertz CT molecular complexity index is 1220. The summed E-state index contributed by atoms with van der Waals surface area (Å²) in [7, 11) is -4.36. The van der Waals surface area contributed by atoms with E-state index < -0.39 is 27.0 Å². The Hall–Kier alpha value is -3.44. The van der Waals surface area contributed by atoms with E-state index in [4.69, 9.17) is 10.6 Å². The van der Waals surface area contributed by atoms with Crippen molar-refractivity contribution < 1.29 is 31.1 Å². The van der Waals surface area contributed by atoms with Gasteiger partial charge in [0.15, 0.2) is 0 Å². The largest absolute Gasteiger partial charge is 0.573 e. The lowest BCUT2D eigenvalue weighted by Gasteiger charge is -2.15. The molecule has 0 atom stereocenters. The van der Waals surface area contributed by atoms with Gasteiger partial charge in [0.1, 0.15) is 16.4 Å². The van der Waals surface area contributed by atoms with Crippen LogP contribution in [0.4, 0.5) is 18.9 Å². The molecule has 0 amide bonds. The Balaban J connectivity index is 0.00000408. The number of benzene rings is 3. The van der Waals surface area contributed by atoms with Gasteiger partial charge in [-0.05, 0) is 35.4 Å². The van der Waals surface area contributed by atoms with Gasteiger partial charge in [0.2, 0.25) is 0 Å². The predicted molar refractivity (Wildman–Crippen MR) is 125 cm³/mol. The maximum Gasteiger partial charge on any atom is 0.573 e. The normalized spacial score (nSPS) is 11.6. The lowest BCUT2D eigenvalue weighted by Crippen LogP contribution is -2.20. The fourth-order valence-corrected chi connectivity index (χ4v) is 4.06. The molecule has 182 valence electrons. The number of nitrogens with zero attached hydrogens (tertiary/aromatic N) is 1. The summed E-state index contributed by atoms with van der Waals surface area (Å²) in [5.41, 5.74) is 2.01. The Morgan fingerprint density at radius 2 is 1.71 bits per heavy atom. The van der Waals surface area contributed by atoms with E-state index >= 15 is 0 Å². The fraction of sp³-hybridized carbons (Fsp3) is 0.136. The summed E-state index contributed by atoms with van der Waals surface area (Å²) in [6, 6.07) is 18.1. The molecule has 0 fully saturated rings. The minimum Gasteiger partial charge on any atom is -0.493 e. The highest BCUT2D eigenvalue weighted by atomic mass is 35.5. The molecule has 0 aliphatic rings. The molecule has 7 nitrogen and oxygen atoms in total. The van der Waals surface area contributed by atoms with Gasteiger partial charge < -0.3 is 15.3 Å². The highest BCUT2D eigenvalue weighted by molar-refractivity contribution is 7.92. The predicted octanol–water partition coefficient (Wildman–Crippen LogP) is 4.72. The van der Waals surface area contributed by atoms with Crippen LogP contribution in [0.2, 0.25) is 0 Å². The number of rotatable bonds is 9. The van der Waals surface area contributed by atoms with Gasteiger partial charge in [0.25, 0.3) is 10.0 Å². The Morgan fingerprint density at radius 3 is 2.38 bits per heavy atom. The van der Waals surface area contributed by atoms with Crippen molar-refractivity contribution in [3.8, 4) is 11.5 Å². The third-order valence-electron chi connectivity index (χ3n) is 4.31. The van der Waals surface area contributed by atoms with Crippen LogP contribution in [0.1, 0.15) is 11.1 Å². The molecule has 0 bridgehead atoms. The van der Waals surface area contributed by atoms with Crippen LogP contribution in [0.5, 0.6) is 11.5 Å². The number of sulfonamides is 1. The number of nitrogens with one attached hydrogen (secondary N) is 1. The van der Waals surface area contributed by atoms with E-state index in [1.165, 1.54) is 30.5 Å². The zero-order chi connectivity index (χ0) is 23.9. The molecule has 0 aliphatic heterocycles. The number of halogens is 4. The molecule has 0 aromatic heterocycles. The van der Waals surface area contributed by atoms with Crippen molar-refractivity contribution in [1.29, 1.82) is 0 Å². The third-order valence-corrected chi connectivity index (χ3v) is 5.73. The van der Waals surface area contributed by atoms with Gasteiger partial charge in [0, 0.05) is 12.5 Å². The Labute approximate surface area is 200 Å². The first-order chi connectivity index (χ1) is 15.7. The van der Waals surface area contributed by atoms with E-state index in [1.807, 2.05) is 24.3 Å². The van der Waals surface area contributed by atoms with Gasteiger partial charge >= 0.3 is 6.36 Å². The number of para-hydroxylation sites is 1. The SMILES string of the molecule is Cl.N/N=C\c1ccc(CCOc2cccc(NS(=O)(=O)c3ccccc3OC(F)(F)F)c2)cc1. The monoisotopic (exact) mass is 515 g/mol. The molecule has 0 spiro atoms. The molecule has 0 heterocycles. The molecular weight excluding hydrogens is 495 g/mol. The van der Waals surface area contributed by atoms with E-state index in [2.05, 4.69) is 14.6 Å². The Morgan fingerprint density at radius 1 is 1.00 bits per heavy atom. The molecule has 34 heavy (non-hydrogen) atoms. The minimum atomic E-state index is -5.03. The van der Waals surface area contributed by atoms with Crippen LogP contribution in [-0.4, -0.2) is 27.6 Å². The molecule has 0 saturated carbocycles. The zero-order valence-electron chi connectivity index (χ0n) is 17.5. The number of hydrogen-bond acceptors (Lipinski definition) is 6. The highest BCUT2D eigenvalue weighted by Gasteiger charge is 2.34. The van der Waals surface area contributed by atoms with Gasteiger partial charge in [-0.3, -0.25) is 4.72 Å². The van der Waals surface area contributed by atoms with Gasteiger partial charge in [-0.1, -0.05) is 42.5 Å². The van der Waals surface area contributed by atoms with Crippen LogP contribution in [0, 0.1) is 0 Å². The van der Waals surface area contributed by atoms with E-state index in [0.717, 1.165) is 23.3 Å². The van der Waals surface area contributed by atoms with Crippen molar-refractivity contribution in [2.24, 2.45) is 10.9 Å². The molecule has 3 aromatic rings. The number of hydrogen-bond donors (Lipinski definition) is 2. The third kappa shape index (κ3) is 7.85. The number of anilines is 1. The molecule has 0 aliphatic carbocycles. The molecule has 0 unspecified atom stereocenters. The minimum absolute atomic E-state index is 0. The average Bonchev–Trinajstić information content (AvgIpc) is 2.74. The van der Waals surface area contributed by atoms with Crippen molar-refractivity contribution in [3.63, 3.8) is 0 Å². The topological polar surface area (TPSA) is 103 Å². The van der Waals surface area contributed by atoms with Gasteiger partial charge in [-0.25, -0.2) is 8.42 Å². The van der Waals surface area contributed by atoms with Crippen LogP contribution in [0.15, 0.2) is 82.8 Å². The van der Waals surface area contributed by atoms with Crippen molar-refractivity contribution in [1.82, 2.24) is 0 Å². The molecule has 12 heteroatoms. The van der Waals surface area contributed by atoms with Crippen molar-refractivity contribution >= 4 is 34.3 Å². The number of nitrogens with two attached hydrogens (primary N) is 1. The Kier molecular flexibility index (Phi) is 9.16. The maximum atomic E-state index is 12.7. The molecular formula is C22H21ClF3N3O4S. The van der Waals surface area contributed by atoms with Gasteiger partial charge in [0.05, 0.1) is 18.5 Å². The van der Waals surface area contributed by atoms with E-state index in [-0.39, 0.29) is 18.1 Å². The first-order valence-electron chi connectivity index (χ1n) is 9.59. The first-order valence-corrected chi connectivity index (χ1v) is 11.1. The number of alkyl halides is 3. The standard InChI is InChI=1S/C22H20F3N3O4S.ClH/c23-22(24,25)32-20-6-1-2-7-21(20)33(29,30)28-18-4-3-5-19(14-18)31-13-12-16-8-10-17(11-9-16)15-27-26;/h1-11,14-15,28H,12-13,26H2;1H/b27-15-;. The van der Waals surface area contributed by atoms with Crippen molar-refractivity contribution in [2.75, 3.05) is 11.3 Å². The average molecular weight is 516 g/mol. The van der Waals surface area contributed by atoms with Crippen LogP contribution in [0.25, 0.3) is 0 Å². The number of ether oxygens (including phenoxy) is 2. The molecule has 0 radical (unpaired) electrons. The van der Waals surface area contributed by atoms with E-state index in [1.54, 1.807) is 12.1 Å². The summed E-state index contributed by atoms with van der Waals surface area (Å²) < 4.78 is 75.0. The van der Waals surface area contributed by atoms with Crippen LogP contribution in [0.3, 0.4) is 0 Å². The van der Waals surface area contributed by atoms with Crippen molar-refractivity contribution in [3.05, 3.63) is 83.9 Å². The van der Waals surface area contributed by atoms with Gasteiger partial charge in [-0.2, -0.15) is 5.10 Å². The van der Waals surface area contributed by atoms with Gasteiger partial charge in [-0.15, -0.1) is 25.6 Å². The van der Waals surface area contributed by atoms with E-state index in [0.29, 0.717) is 18.8 Å². The smallest absolute Gasteiger partial charge is 0.493 e. The highest BCUT2D eigenvalue weighted by Crippen LogP contribution is 2.31. The summed E-state index contributed by atoms with van der Waals surface area (Å²) >= 11 is 0. The van der Waals surface area contributed by atoms with Crippen molar-refractivity contribution in [2.45, 2.75) is 17.7 Å². The van der Waals surface area contributed by atoms with Crippen LogP contribution >= 0.6 is 12.4 Å². The second-order valence-electron chi connectivity index (χ2n) is 6.75. The molecule has 0 saturated heterocycles. The van der Waals surface area contributed by atoms with Crippen LogP contribution in [-0.2, 0) is 16.4 Å². The fourth-order valence-electron chi connectivity index (χ4n) is 2.88. The number of hydrazone groups is 1. The first kappa shape index (κ1) is 26.8. The molecule has 3 rings (SSSR count). The summed E-state index contributed by atoms with van der Waals surface area (Å²) in [6.45, 7) is 0.322. The summed E-state index contributed by atoms with van der Waals surface area (Å²) in [5.74, 6) is 4.68. The summed E-state index contributed by atoms with van der Waals surface area (Å²) in [6.07, 6.45) is -2.91. The van der Waals surface area contributed by atoms with E-state index in [9.17, 15) is 21.6 Å². The molecule has 3 aromatic carbocycles. The second kappa shape index (κ2) is 11.6. The summed E-state index contributed by atoms with van der Waals surface area (Å²) in [4.78, 5) is -0.642. The second-order valence-corrected chi connectivity index (χ2v) is 8.40. The lowest BCUT2D eigenvalue weighted by molar-refractivity contribution is -0.275. The quantitative estimate of drug-likeness (QED) is 0.244.